The van der Waals surface area contributed by atoms with Gasteiger partial charge in [-0.1, -0.05) is 56.6 Å². The Morgan fingerprint density at radius 3 is 2.35 bits per heavy atom. The summed E-state index contributed by atoms with van der Waals surface area (Å²) in [5.41, 5.74) is 2.09. The standard InChI is InChI=1S/C27H37ClN2O3S/c1-27(2,3)19-10-14-22(15-11-19)33-21-12-8-18(9-13-21)24-25(28)34-26(29-24)30(17-16-23(31)32)20-6-4-5-7-20/h8-9,12-13,19-20,22H,4-7,10-11,14-17H2,1-3H3,(H,31,32). The van der Waals surface area contributed by atoms with E-state index in [1.165, 1.54) is 37.0 Å². The molecule has 2 aliphatic rings. The topological polar surface area (TPSA) is 62.7 Å². The van der Waals surface area contributed by atoms with E-state index < -0.39 is 5.97 Å². The van der Waals surface area contributed by atoms with Crippen LogP contribution in [-0.2, 0) is 4.79 Å². The van der Waals surface area contributed by atoms with E-state index >= 15 is 0 Å². The van der Waals surface area contributed by atoms with Gasteiger partial charge in [-0.2, -0.15) is 0 Å². The number of hydrogen-bond acceptors (Lipinski definition) is 5. The maximum absolute atomic E-state index is 11.2. The Hall–Kier alpha value is -1.79. The Bertz CT molecular complexity index is 955. The number of carbonyl (C=O) groups is 1. The summed E-state index contributed by atoms with van der Waals surface area (Å²) in [5, 5.41) is 10.0. The summed E-state index contributed by atoms with van der Waals surface area (Å²) >= 11 is 8.07. The van der Waals surface area contributed by atoms with Crippen LogP contribution < -0.4 is 9.64 Å². The summed E-state index contributed by atoms with van der Waals surface area (Å²) in [6.45, 7) is 7.48. The lowest BCUT2D eigenvalue weighted by atomic mass is 9.72. The highest BCUT2D eigenvalue weighted by Crippen LogP contribution is 2.41. The molecule has 1 N–H and O–H groups in total. The van der Waals surface area contributed by atoms with Crippen LogP contribution in [-0.4, -0.2) is 34.8 Å². The molecule has 2 aliphatic carbocycles. The number of benzene rings is 1. The van der Waals surface area contributed by atoms with Crippen molar-refractivity contribution < 1.29 is 14.6 Å². The molecule has 1 heterocycles. The van der Waals surface area contributed by atoms with E-state index in [1.807, 2.05) is 24.3 Å². The van der Waals surface area contributed by atoms with Crippen molar-refractivity contribution in [3.8, 4) is 17.0 Å². The van der Waals surface area contributed by atoms with Crippen molar-refractivity contribution in [1.82, 2.24) is 4.98 Å². The number of thiazole rings is 1. The zero-order valence-corrected chi connectivity index (χ0v) is 22.1. The molecule has 186 valence electrons. The van der Waals surface area contributed by atoms with Crippen molar-refractivity contribution in [3.05, 3.63) is 28.6 Å². The van der Waals surface area contributed by atoms with Crippen LogP contribution in [0.15, 0.2) is 24.3 Å². The number of rotatable bonds is 8. The Morgan fingerprint density at radius 1 is 1.12 bits per heavy atom. The number of aliphatic carboxylic acids is 1. The summed E-state index contributed by atoms with van der Waals surface area (Å²) in [5.74, 6) is 0.881. The van der Waals surface area contributed by atoms with Gasteiger partial charge in [0.2, 0.25) is 0 Å². The van der Waals surface area contributed by atoms with Gasteiger partial charge in [-0.25, -0.2) is 4.98 Å². The lowest BCUT2D eigenvalue weighted by molar-refractivity contribution is -0.136. The van der Waals surface area contributed by atoms with Gasteiger partial charge >= 0.3 is 5.97 Å². The average molecular weight is 505 g/mol. The number of aromatic nitrogens is 1. The molecule has 0 radical (unpaired) electrons. The third kappa shape index (κ3) is 6.25. The first-order chi connectivity index (χ1) is 16.2. The highest BCUT2D eigenvalue weighted by molar-refractivity contribution is 7.20. The van der Waals surface area contributed by atoms with Gasteiger partial charge in [0.15, 0.2) is 5.13 Å². The van der Waals surface area contributed by atoms with E-state index in [-0.39, 0.29) is 12.5 Å². The lowest BCUT2D eigenvalue weighted by Crippen LogP contribution is -2.35. The van der Waals surface area contributed by atoms with Crippen molar-refractivity contribution in [2.45, 2.75) is 90.7 Å². The molecule has 0 amide bonds. The van der Waals surface area contributed by atoms with Crippen molar-refractivity contribution >= 4 is 34.0 Å². The normalized spacial score (nSPS) is 21.5. The Morgan fingerprint density at radius 2 is 1.76 bits per heavy atom. The predicted octanol–water partition coefficient (Wildman–Crippen LogP) is 7.67. The molecule has 0 spiro atoms. The number of carboxylic acid groups (broad SMARTS) is 1. The fourth-order valence-electron chi connectivity index (χ4n) is 5.39. The molecule has 0 aliphatic heterocycles. The second-order valence-electron chi connectivity index (χ2n) is 10.9. The van der Waals surface area contributed by atoms with E-state index in [9.17, 15) is 9.90 Å². The average Bonchev–Trinajstić information content (AvgIpc) is 3.45. The van der Waals surface area contributed by atoms with Gasteiger partial charge in [0.25, 0.3) is 0 Å². The summed E-state index contributed by atoms with van der Waals surface area (Å²) in [4.78, 5) is 18.2. The van der Waals surface area contributed by atoms with Crippen LogP contribution in [0.3, 0.4) is 0 Å². The zero-order valence-electron chi connectivity index (χ0n) is 20.6. The summed E-state index contributed by atoms with van der Waals surface area (Å²) in [6.07, 6.45) is 9.58. The van der Waals surface area contributed by atoms with Crippen LogP contribution in [0.4, 0.5) is 5.13 Å². The minimum Gasteiger partial charge on any atom is -0.490 e. The Kier molecular flexibility index (Phi) is 8.08. The van der Waals surface area contributed by atoms with Crippen molar-refractivity contribution in [3.63, 3.8) is 0 Å². The second-order valence-corrected chi connectivity index (χ2v) is 12.5. The molecule has 0 bridgehead atoms. The molecule has 0 atom stereocenters. The van der Waals surface area contributed by atoms with Gasteiger partial charge in [0.1, 0.15) is 15.8 Å². The maximum atomic E-state index is 11.2. The third-order valence-electron chi connectivity index (χ3n) is 7.48. The first-order valence-corrected chi connectivity index (χ1v) is 13.8. The molecule has 2 fully saturated rings. The number of halogens is 1. The third-order valence-corrected chi connectivity index (χ3v) is 8.77. The van der Waals surface area contributed by atoms with Crippen molar-refractivity contribution in [1.29, 1.82) is 0 Å². The second kappa shape index (κ2) is 10.9. The molecule has 0 unspecified atom stereocenters. The quantitative estimate of drug-likeness (QED) is 0.399. The number of ether oxygens (including phenoxy) is 1. The number of hydrogen-bond donors (Lipinski definition) is 1. The summed E-state index contributed by atoms with van der Waals surface area (Å²) in [6, 6.07) is 8.42. The molecule has 2 saturated carbocycles. The molecule has 1 aromatic carbocycles. The molecular formula is C27H37ClN2O3S. The zero-order chi connectivity index (χ0) is 24.3. The lowest BCUT2D eigenvalue weighted by Gasteiger charge is -2.36. The van der Waals surface area contributed by atoms with E-state index in [2.05, 4.69) is 25.7 Å². The monoisotopic (exact) mass is 504 g/mol. The van der Waals surface area contributed by atoms with Crippen molar-refractivity contribution in [2.24, 2.45) is 11.3 Å². The Labute approximate surface area is 212 Å². The van der Waals surface area contributed by atoms with Crippen molar-refractivity contribution in [2.75, 3.05) is 11.4 Å². The highest BCUT2D eigenvalue weighted by atomic mass is 35.5. The SMILES string of the molecule is CC(C)(C)C1CCC(Oc2ccc(-c3nc(N(CCC(=O)O)C4CCCC4)sc3Cl)cc2)CC1. The maximum Gasteiger partial charge on any atom is 0.305 e. The van der Waals surface area contributed by atoms with Crippen LogP contribution in [0, 0.1) is 11.3 Å². The largest absolute Gasteiger partial charge is 0.490 e. The van der Waals surface area contributed by atoms with Crippen LogP contribution in [0.5, 0.6) is 5.75 Å². The van der Waals surface area contributed by atoms with Gasteiger partial charge in [-0.05, 0) is 74.1 Å². The molecule has 7 heteroatoms. The van der Waals surface area contributed by atoms with E-state index in [1.54, 1.807) is 0 Å². The fourth-order valence-corrected chi connectivity index (χ4v) is 6.66. The number of nitrogens with zero attached hydrogens (tertiary/aromatic N) is 2. The smallest absolute Gasteiger partial charge is 0.305 e. The number of anilines is 1. The van der Waals surface area contributed by atoms with Crippen LogP contribution in [0.25, 0.3) is 11.3 Å². The van der Waals surface area contributed by atoms with E-state index in [4.69, 9.17) is 21.3 Å². The van der Waals surface area contributed by atoms with Gasteiger partial charge < -0.3 is 14.7 Å². The minimum atomic E-state index is -0.784. The minimum absolute atomic E-state index is 0.104. The van der Waals surface area contributed by atoms with Crippen LogP contribution >= 0.6 is 22.9 Å². The van der Waals surface area contributed by atoms with Crippen LogP contribution in [0.2, 0.25) is 4.34 Å². The molecule has 2 aromatic rings. The first-order valence-electron chi connectivity index (χ1n) is 12.6. The van der Waals surface area contributed by atoms with Gasteiger partial charge in [-0.15, -0.1) is 0 Å². The first kappa shape index (κ1) is 25.3. The van der Waals surface area contributed by atoms with E-state index in [0.717, 1.165) is 53.7 Å². The molecular weight excluding hydrogens is 468 g/mol. The molecule has 1 aromatic heterocycles. The van der Waals surface area contributed by atoms with Gasteiger partial charge in [-0.3, -0.25) is 4.79 Å². The fraction of sp³-hybridized carbons (Fsp3) is 0.630. The Balaban J connectivity index is 1.42. The van der Waals surface area contributed by atoms with Gasteiger partial charge in [0, 0.05) is 18.2 Å². The summed E-state index contributed by atoms with van der Waals surface area (Å²) < 4.78 is 6.93. The molecule has 4 rings (SSSR count). The van der Waals surface area contributed by atoms with Gasteiger partial charge in [0.05, 0.1) is 12.5 Å². The molecule has 0 saturated heterocycles. The molecule has 34 heavy (non-hydrogen) atoms. The molecule has 5 nitrogen and oxygen atoms in total. The summed E-state index contributed by atoms with van der Waals surface area (Å²) in [7, 11) is 0. The predicted molar refractivity (Wildman–Crippen MR) is 140 cm³/mol. The number of carboxylic acids is 1. The van der Waals surface area contributed by atoms with Crippen LogP contribution in [0.1, 0.15) is 78.6 Å². The van der Waals surface area contributed by atoms with E-state index in [0.29, 0.717) is 22.3 Å². The highest BCUT2D eigenvalue weighted by Gasteiger charge is 2.30.